The number of unbranched alkanes of at least 4 members (excludes halogenated alkanes) is 2. The zero-order valence-corrected chi connectivity index (χ0v) is 12.7. The van der Waals surface area contributed by atoms with E-state index in [9.17, 15) is 0 Å². The van der Waals surface area contributed by atoms with Crippen LogP contribution in [-0.4, -0.2) is 12.6 Å². The van der Waals surface area contributed by atoms with E-state index in [1.807, 2.05) is 12.1 Å². The minimum atomic E-state index is 0.544. The van der Waals surface area contributed by atoms with Crippen LogP contribution in [0.15, 0.2) is 12.1 Å². The monoisotopic (exact) mass is 281 g/mol. The predicted molar refractivity (Wildman–Crippen MR) is 81.1 cm³/mol. The minimum absolute atomic E-state index is 0.544. The maximum atomic E-state index is 6.16. The molecule has 1 aliphatic heterocycles. The van der Waals surface area contributed by atoms with Crippen molar-refractivity contribution in [3.63, 3.8) is 0 Å². The van der Waals surface area contributed by atoms with Crippen molar-refractivity contribution in [3.05, 3.63) is 28.3 Å². The van der Waals surface area contributed by atoms with Crippen LogP contribution in [0.5, 0.6) is 5.75 Å². The Morgan fingerprint density at radius 1 is 1.37 bits per heavy atom. The summed E-state index contributed by atoms with van der Waals surface area (Å²) in [5.74, 6) is 1.05. The van der Waals surface area contributed by atoms with Crippen molar-refractivity contribution in [1.82, 2.24) is 5.32 Å². The second kappa shape index (κ2) is 7.16. The quantitative estimate of drug-likeness (QED) is 0.751. The molecule has 1 N–H and O–H groups in total. The number of benzene rings is 1. The molecular formula is C16H24ClNO. The summed E-state index contributed by atoms with van der Waals surface area (Å²) in [5, 5.41) is 4.40. The van der Waals surface area contributed by atoms with Crippen molar-refractivity contribution in [2.45, 2.75) is 58.5 Å². The van der Waals surface area contributed by atoms with E-state index < -0.39 is 0 Å². The Bertz CT molecular complexity index is 419. The molecule has 0 spiro atoms. The van der Waals surface area contributed by atoms with Gasteiger partial charge in [-0.3, -0.25) is 0 Å². The second-order valence-corrected chi connectivity index (χ2v) is 5.87. The molecular weight excluding hydrogens is 258 g/mol. The molecule has 0 amide bonds. The Balaban J connectivity index is 1.89. The third-order valence-corrected chi connectivity index (χ3v) is 3.93. The molecule has 0 aliphatic carbocycles. The molecule has 3 heteroatoms. The summed E-state index contributed by atoms with van der Waals surface area (Å²) in [7, 11) is 0. The highest BCUT2D eigenvalue weighted by Crippen LogP contribution is 2.32. The van der Waals surface area contributed by atoms with Gasteiger partial charge in [-0.05, 0) is 31.0 Å². The molecule has 2 nitrogen and oxygen atoms in total. The van der Waals surface area contributed by atoms with Gasteiger partial charge < -0.3 is 10.1 Å². The van der Waals surface area contributed by atoms with Crippen molar-refractivity contribution in [2.24, 2.45) is 0 Å². The van der Waals surface area contributed by atoms with Gasteiger partial charge in [-0.25, -0.2) is 0 Å². The van der Waals surface area contributed by atoms with E-state index in [4.69, 9.17) is 16.3 Å². The summed E-state index contributed by atoms with van der Waals surface area (Å²) < 4.78 is 5.72. The molecule has 19 heavy (non-hydrogen) atoms. The van der Waals surface area contributed by atoms with Crippen LogP contribution in [0.3, 0.4) is 0 Å². The Hall–Kier alpha value is -0.730. The van der Waals surface area contributed by atoms with Crippen LogP contribution in [0.1, 0.15) is 50.7 Å². The van der Waals surface area contributed by atoms with Gasteiger partial charge in [0.2, 0.25) is 0 Å². The first-order valence-corrected chi connectivity index (χ1v) is 7.76. The van der Waals surface area contributed by atoms with Gasteiger partial charge >= 0.3 is 0 Å². The van der Waals surface area contributed by atoms with Gasteiger partial charge in [-0.15, -0.1) is 0 Å². The van der Waals surface area contributed by atoms with Crippen molar-refractivity contribution < 1.29 is 4.74 Å². The van der Waals surface area contributed by atoms with E-state index in [1.165, 1.54) is 36.8 Å². The number of halogens is 1. The fourth-order valence-electron chi connectivity index (χ4n) is 2.56. The van der Waals surface area contributed by atoms with Crippen molar-refractivity contribution in [2.75, 3.05) is 6.61 Å². The lowest BCUT2D eigenvalue weighted by Gasteiger charge is -2.15. The zero-order valence-electron chi connectivity index (χ0n) is 12.0. The van der Waals surface area contributed by atoms with Crippen LogP contribution >= 0.6 is 11.6 Å². The maximum absolute atomic E-state index is 6.16. The molecule has 0 fully saturated rings. The molecule has 0 radical (unpaired) electrons. The molecule has 1 atom stereocenters. The fraction of sp³-hybridized carbons (Fsp3) is 0.625. The molecule has 0 aromatic heterocycles. The second-order valence-electron chi connectivity index (χ2n) is 5.43. The average molecular weight is 282 g/mol. The maximum Gasteiger partial charge on any atom is 0.127 e. The molecule has 2 rings (SSSR count). The summed E-state index contributed by atoms with van der Waals surface area (Å²) in [6.45, 7) is 6.12. The normalized spacial score (nSPS) is 15.1. The molecule has 1 aromatic rings. The summed E-state index contributed by atoms with van der Waals surface area (Å²) in [6, 6.07) is 4.60. The molecule has 0 saturated heterocycles. The Morgan fingerprint density at radius 3 is 3.00 bits per heavy atom. The molecule has 1 aliphatic rings. The standard InChI is InChI=1S/C16H24ClNO/c1-3-4-5-6-12(2)18-11-14-10-15(17)9-13-7-8-19-16(13)14/h9-10,12,18H,3-8,11H2,1-2H3. The fourth-order valence-corrected chi connectivity index (χ4v) is 2.83. The third kappa shape index (κ3) is 4.12. The zero-order chi connectivity index (χ0) is 13.7. The van der Waals surface area contributed by atoms with E-state index in [2.05, 4.69) is 19.2 Å². The molecule has 1 heterocycles. The van der Waals surface area contributed by atoms with E-state index in [1.54, 1.807) is 0 Å². The topological polar surface area (TPSA) is 21.3 Å². The van der Waals surface area contributed by atoms with Gasteiger partial charge in [0.25, 0.3) is 0 Å². The Kier molecular flexibility index (Phi) is 5.53. The SMILES string of the molecule is CCCCCC(C)NCc1cc(Cl)cc2c1OCC2. The first kappa shape index (κ1) is 14.7. The third-order valence-electron chi connectivity index (χ3n) is 3.71. The van der Waals surface area contributed by atoms with Gasteiger partial charge in [0, 0.05) is 29.6 Å². The van der Waals surface area contributed by atoms with E-state index in [-0.39, 0.29) is 0 Å². The molecule has 1 aromatic carbocycles. The van der Waals surface area contributed by atoms with Gasteiger partial charge in [-0.1, -0.05) is 37.8 Å². The largest absolute Gasteiger partial charge is 0.493 e. The molecule has 0 saturated carbocycles. The van der Waals surface area contributed by atoms with Crippen molar-refractivity contribution in [1.29, 1.82) is 0 Å². The number of rotatable bonds is 7. The van der Waals surface area contributed by atoms with E-state index in [0.29, 0.717) is 6.04 Å². The molecule has 106 valence electrons. The number of hydrogen-bond acceptors (Lipinski definition) is 2. The highest BCUT2D eigenvalue weighted by atomic mass is 35.5. The van der Waals surface area contributed by atoms with Crippen LogP contribution in [-0.2, 0) is 13.0 Å². The van der Waals surface area contributed by atoms with Gasteiger partial charge in [0.1, 0.15) is 5.75 Å². The number of hydrogen-bond donors (Lipinski definition) is 1. The number of fused-ring (bicyclic) bond motifs is 1. The summed E-state index contributed by atoms with van der Waals surface area (Å²) in [4.78, 5) is 0. The van der Waals surface area contributed by atoms with Gasteiger partial charge in [-0.2, -0.15) is 0 Å². The van der Waals surface area contributed by atoms with E-state index in [0.717, 1.165) is 30.3 Å². The minimum Gasteiger partial charge on any atom is -0.493 e. The first-order valence-electron chi connectivity index (χ1n) is 7.38. The first-order chi connectivity index (χ1) is 9.20. The van der Waals surface area contributed by atoms with Crippen LogP contribution in [0.25, 0.3) is 0 Å². The predicted octanol–water partition coefficient (Wildman–Crippen LogP) is 4.33. The summed E-state index contributed by atoms with van der Waals surface area (Å²) in [6.07, 6.45) is 6.12. The number of nitrogens with one attached hydrogen (secondary N) is 1. The Morgan fingerprint density at radius 2 is 2.21 bits per heavy atom. The molecule has 1 unspecified atom stereocenters. The smallest absolute Gasteiger partial charge is 0.127 e. The summed E-state index contributed by atoms with van der Waals surface area (Å²) in [5.41, 5.74) is 2.45. The van der Waals surface area contributed by atoms with Crippen LogP contribution in [0.2, 0.25) is 5.02 Å². The van der Waals surface area contributed by atoms with Crippen molar-refractivity contribution in [3.8, 4) is 5.75 Å². The number of ether oxygens (including phenoxy) is 1. The van der Waals surface area contributed by atoms with Crippen LogP contribution < -0.4 is 10.1 Å². The van der Waals surface area contributed by atoms with Crippen LogP contribution in [0.4, 0.5) is 0 Å². The van der Waals surface area contributed by atoms with Crippen molar-refractivity contribution >= 4 is 11.6 Å². The van der Waals surface area contributed by atoms with Gasteiger partial charge in [0.05, 0.1) is 6.61 Å². The molecule has 0 bridgehead atoms. The Labute approximate surface area is 121 Å². The lowest BCUT2D eigenvalue weighted by molar-refractivity contribution is 0.351. The highest BCUT2D eigenvalue weighted by molar-refractivity contribution is 6.30. The average Bonchev–Trinajstić information content (AvgIpc) is 2.84. The summed E-state index contributed by atoms with van der Waals surface area (Å²) >= 11 is 6.16. The van der Waals surface area contributed by atoms with Gasteiger partial charge in [0.15, 0.2) is 0 Å². The lowest BCUT2D eigenvalue weighted by Crippen LogP contribution is -2.25. The van der Waals surface area contributed by atoms with Crippen LogP contribution in [0, 0.1) is 0 Å². The lowest BCUT2D eigenvalue weighted by atomic mass is 10.1. The highest BCUT2D eigenvalue weighted by Gasteiger charge is 2.17. The van der Waals surface area contributed by atoms with E-state index >= 15 is 0 Å².